The summed E-state index contributed by atoms with van der Waals surface area (Å²) in [6.07, 6.45) is 0. The number of aromatic hydroxyl groups is 1. The lowest BCUT2D eigenvalue weighted by Gasteiger charge is -2.23. The first-order valence-electron chi connectivity index (χ1n) is 9.49. The molecule has 0 aliphatic rings. The second kappa shape index (κ2) is 7.83. The van der Waals surface area contributed by atoms with Crippen LogP contribution in [0, 0.1) is 5.92 Å². The number of carbonyl (C=O) groups is 1. The normalized spacial score (nSPS) is 12.5. The van der Waals surface area contributed by atoms with Crippen molar-refractivity contribution in [3.8, 4) is 5.75 Å². The highest BCUT2D eigenvalue weighted by Crippen LogP contribution is 2.36. The van der Waals surface area contributed by atoms with Gasteiger partial charge in [0.05, 0.1) is 6.04 Å². The van der Waals surface area contributed by atoms with Gasteiger partial charge < -0.3 is 10.4 Å². The molecule has 0 aliphatic heterocycles. The molecule has 0 heterocycles. The third kappa shape index (κ3) is 3.97. The van der Waals surface area contributed by atoms with Gasteiger partial charge in [0.25, 0.3) is 0 Å². The quantitative estimate of drug-likeness (QED) is 0.628. The summed E-state index contributed by atoms with van der Waals surface area (Å²) in [7, 11) is 0. The van der Waals surface area contributed by atoms with E-state index >= 15 is 0 Å². The van der Waals surface area contributed by atoms with E-state index in [2.05, 4.69) is 31.3 Å². The zero-order valence-electron chi connectivity index (χ0n) is 16.4. The summed E-state index contributed by atoms with van der Waals surface area (Å²) in [5, 5.41) is 15.8. The molecule has 3 aromatic carbocycles. The van der Waals surface area contributed by atoms with Gasteiger partial charge in [0.15, 0.2) is 0 Å². The molecule has 0 aliphatic carbocycles. The molecule has 3 aromatic rings. The molecule has 1 amide bonds. The second-order valence-corrected chi connectivity index (χ2v) is 7.64. The van der Waals surface area contributed by atoms with Crippen LogP contribution >= 0.6 is 0 Å². The van der Waals surface area contributed by atoms with E-state index in [1.807, 2.05) is 62.4 Å². The summed E-state index contributed by atoms with van der Waals surface area (Å²) in [4.78, 5) is 12.5. The molecule has 3 nitrogen and oxygen atoms in total. The van der Waals surface area contributed by atoms with Crippen molar-refractivity contribution in [1.82, 2.24) is 5.32 Å². The number of phenolic OH excluding ortho intramolecular Hbond substituents is 1. The lowest BCUT2D eigenvalue weighted by molar-refractivity contribution is -0.124. The van der Waals surface area contributed by atoms with Crippen LogP contribution in [-0.4, -0.2) is 11.0 Å². The Bertz CT molecular complexity index is 942. The van der Waals surface area contributed by atoms with E-state index < -0.39 is 6.04 Å². The zero-order valence-corrected chi connectivity index (χ0v) is 16.4. The highest BCUT2D eigenvalue weighted by Gasteiger charge is 2.22. The molecule has 0 bridgehead atoms. The van der Waals surface area contributed by atoms with Crippen LogP contribution in [0.25, 0.3) is 10.8 Å². The number of fused-ring (bicyclic) bond motifs is 1. The van der Waals surface area contributed by atoms with Gasteiger partial charge in [-0.15, -0.1) is 0 Å². The SMILES string of the molecule is CC(C)C(=O)NC(c1ccc(C(C)C)cc1)c1ccc2ccccc2c1O. The molecule has 3 heteroatoms. The summed E-state index contributed by atoms with van der Waals surface area (Å²) < 4.78 is 0. The number of benzene rings is 3. The zero-order chi connectivity index (χ0) is 19.6. The maximum absolute atomic E-state index is 12.5. The van der Waals surface area contributed by atoms with Crippen LogP contribution in [0.5, 0.6) is 5.75 Å². The predicted molar refractivity (Wildman–Crippen MR) is 111 cm³/mol. The summed E-state index contributed by atoms with van der Waals surface area (Å²) in [5.74, 6) is 0.484. The first kappa shape index (κ1) is 19.0. The number of nitrogens with one attached hydrogen (secondary N) is 1. The Hall–Kier alpha value is -2.81. The van der Waals surface area contributed by atoms with Crippen LogP contribution < -0.4 is 5.32 Å². The summed E-state index contributed by atoms with van der Waals surface area (Å²) in [6.45, 7) is 8.05. The van der Waals surface area contributed by atoms with Gasteiger partial charge in [0, 0.05) is 16.9 Å². The summed E-state index contributed by atoms with van der Waals surface area (Å²) in [6, 6.07) is 19.5. The molecule has 0 aromatic heterocycles. The standard InChI is InChI=1S/C24H27NO2/c1-15(2)17-9-11-19(12-10-17)22(25-24(27)16(3)4)21-14-13-18-7-5-6-8-20(18)23(21)26/h5-16,22,26H,1-4H3,(H,25,27). The first-order chi connectivity index (χ1) is 12.9. The fraction of sp³-hybridized carbons (Fsp3) is 0.292. The van der Waals surface area contributed by atoms with E-state index in [4.69, 9.17) is 0 Å². The van der Waals surface area contributed by atoms with Gasteiger partial charge in [-0.1, -0.05) is 88.4 Å². The highest BCUT2D eigenvalue weighted by molar-refractivity contribution is 5.90. The van der Waals surface area contributed by atoms with Crippen LogP contribution in [0.15, 0.2) is 60.7 Å². The van der Waals surface area contributed by atoms with Crippen molar-refractivity contribution in [3.05, 3.63) is 77.4 Å². The van der Waals surface area contributed by atoms with Crippen LogP contribution in [0.2, 0.25) is 0 Å². The van der Waals surface area contributed by atoms with Gasteiger partial charge in [-0.25, -0.2) is 0 Å². The van der Waals surface area contributed by atoms with Gasteiger partial charge in [0.1, 0.15) is 5.75 Å². The molecule has 0 saturated carbocycles. The molecule has 140 valence electrons. The highest BCUT2D eigenvalue weighted by atomic mass is 16.3. The maximum Gasteiger partial charge on any atom is 0.223 e. The number of phenols is 1. The van der Waals surface area contributed by atoms with Crippen molar-refractivity contribution in [2.24, 2.45) is 5.92 Å². The molecule has 0 fully saturated rings. The van der Waals surface area contributed by atoms with Crippen LogP contribution in [-0.2, 0) is 4.79 Å². The van der Waals surface area contributed by atoms with Crippen molar-refractivity contribution in [2.45, 2.75) is 39.7 Å². The molecule has 27 heavy (non-hydrogen) atoms. The van der Waals surface area contributed by atoms with Gasteiger partial charge in [-0.3, -0.25) is 4.79 Å². The van der Waals surface area contributed by atoms with E-state index in [0.717, 1.165) is 16.3 Å². The number of rotatable bonds is 5. The molecule has 3 rings (SSSR count). The largest absolute Gasteiger partial charge is 0.507 e. The molecule has 1 unspecified atom stereocenters. The smallest absolute Gasteiger partial charge is 0.223 e. The van der Waals surface area contributed by atoms with Gasteiger partial charge in [0.2, 0.25) is 5.91 Å². The Morgan fingerprint density at radius 3 is 2.11 bits per heavy atom. The Morgan fingerprint density at radius 1 is 0.852 bits per heavy atom. The van der Waals surface area contributed by atoms with Crippen molar-refractivity contribution >= 4 is 16.7 Å². The Labute approximate surface area is 161 Å². The fourth-order valence-corrected chi connectivity index (χ4v) is 3.23. The van der Waals surface area contributed by atoms with E-state index in [9.17, 15) is 9.90 Å². The average molecular weight is 361 g/mol. The van der Waals surface area contributed by atoms with Gasteiger partial charge >= 0.3 is 0 Å². The summed E-state index contributed by atoms with van der Waals surface area (Å²) >= 11 is 0. The number of hydrogen-bond donors (Lipinski definition) is 2. The lowest BCUT2D eigenvalue weighted by Crippen LogP contribution is -2.32. The van der Waals surface area contributed by atoms with Gasteiger partial charge in [-0.2, -0.15) is 0 Å². The average Bonchev–Trinajstić information content (AvgIpc) is 2.67. The van der Waals surface area contributed by atoms with E-state index in [0.29, 0.717) is 11.5 Å². The molecule has 0 radical (unpaired) electrons. The second-order valence-electron chi connectivity index (χ2n) is 7.64. The lowest BCUT2D eigenvalue weighted by atomic mass is 9.92. The first-order valence-corrected chi connectivity index (χ1v) is 9.49. The van der Waals surface area contributed by atoms with E-state index in [1.54, 1.807) is 0 Å². The van der Waals surface area contributed by atoms with Crippen molar-refractivity contribution in [3.63, 3.8) is 0 Å². The van der Waals surface area contributed by atoms with Crippen molar-refractivity contribution in [2.75, 3.05) is 0 Å². The topological polar surface area (TPSA) is 49.3 Å². The Balaban J connectivity index is 2.09. The third-order valence-electron chi connectivity index (χ3n) is 4.99. The summed E-state index contributed by atoms with van der Waals surface area (Å²) in [5.41, 5.74) is 2.91. The molecule has 2 N–H and O–H groups in total. The molecule has 1 atom stereocenters. The number of hydrogen-bond acceptors (Lipinski definition) is 2. The molecule has 0 saturated heterocycles. The molecular formula is C24H27NO2. The van der Waals surface area contributed by atoms with Crippen LogP contribution in [0.3, 0.4) is 0 Å². The number of amides is 1. The number of carbonyl (C=O) groups excluding carboxylic acids is 1. The van der Waals surface area contributed by atoms with E-state index in [-0.39, 0.29) is 17.6 Å². The predicted octanol–water partition coefficient (Wildman–Crippen LogP) is 5.53. The van der Waals surface area contributed by atoms with E-state index in [1.165, 1.54) is 5.56 Å². The van der Waals surface area contributed by atoms with Crippen molar-refractivity contribution in [1.29, 1.82) is 0 Å². The Kier molecular flexibility index (Phi) is 5.50. The van der Waals surface area contributed by atoms with Crippen molar-refractivity contribution < 1.29 is 9.90 Å². The van der Waals surface area contributed by atoms with Crippen LogP contribution in [0.4, 0.5) is 0 Å². The minimum atomic E-state index is -0.397. The van der Waals surface area contributed by atoms with Crippen LogP contribution in [0.1, 0.15) is 56.3 Å². The minimum Gasteiger partial charge on any atom is -0.507 e. The maximum atomic E-state index is 12.5. The fourth-order valence-electron chi connectivity index (χ4n) is 3.23. The Morgan fingerprint density at radius 2 is 1.48 bits per heavy atom. The minimum absolute atomic E-state index is 0.0412. The molecular weight excluding hydrogens is 334 g/mol. The van der Waals surface area contributed by atoms with Gasteiger partial charge in [-0.05, 0) is 22.4 Å². The third-order valence-corrected chi connectivity index (χ3v) is 4.99. The molecule has 0 spiro atoms. The monoisotopic (exact) mass is 361 g/mol.